The molecule has 31 heavy (non-hydrogen) atoms. The molecule has 2 aliphatic rings. The summed E-state index contributed by atoms with van der Waals surface area (Å²) in [7, 11) is 2.00. The fourth-order valence-electron chi connectivity index (χ4n) is 4.13. The van der Waals surface area contributed by atoms with E-state index in [0.717, 1.165) is 49.3 Å². The molecule has 1 unspecified atom stereocenters. The first-order valence-corrected chi connectivity index (χ1v) is 10.8. The Morgan fingerprint density at radius 3 is 2.65 bits per heavy atom. The molecule has 7 heteroatoms. The standard InChI is InChI=1S/C24H26N4O3/c1-27-12-6-13-28(23-22(27)25-20-10-2-3-11-21(20)26-23)24(29)17-7-4-8-18(15-17)31-16-19-9-5-14-30-19/h2-4,7-8,10-11,15,19H,5-6,9,12-14,16H2,1H3. The molecule has 0 N–H and O–H groups in total. The Balaban J connectivity index is 1.44. The maximum Gasteiger partial charge on any atom is 0.259 e. The molecule has 1 saturated heterocycles. The molecular weight excluding hydrogens is 392 g/mol. The normalized spacial score (nSPS) is 18.7. The Labute approximate surface area is 181 Å². The molecule has 0 spiro atoms. The molecule has 0 saturated carbocycles. The maximum absolute atomic E-state index is 13.5. The number of amides is 1. The van der Waals surface area contributed by atoms with Gasteiger partial charge in [0, 0.05) is 32.3 Å². The second kappa shape index (κ2) is 8.51. The van der Waals surface area contributed by atoms with Crippen molar-refractivity contribution in [3.05, 3.63) is 54.1 Å². The number of para-hydroxylation sites is 2. The largest absolute Gasteiger partial charge is 0.491 e. The lowest BCUT2D eigenvalue weighted by molar-refractivity contribution is 0.0679. The summed E-state index contributed by atoms with van der Waals surface area (Å²) in [6.45, 7) is 2.70. The van der Waals surface area contributed by atoms with Crippen LogP contribution in [0, 0.1) is 0 Å². The Morgan fingerprint density at radius 2 is 1.87 bits per heavy atom. The highest BCUT2D eigenvalue weighted by Crippen LogP contribution is 2.31. The topological polar surface area (TPSA) is 67.8 Å². The molecule has 1 aromatic heterocycles. The minimum atomic E-state index is -0.0938. The number of nitrogens with zero attached hydrogens (tertiary/aromatic N) is 4. The van der Waals surface area contributed by atoms with Crippen molar-refractivity contribution in [2.24, 2.45) is 0 Å². The van der Waals surface area contributed by atoms with Crippen molar-refractivity contribution in [2.45, 2.75) is 25.4 Å². The third-order valence-corrected chi connectivity index (χ3v) is 5.81. The first kappa shape index (κ1) is 19.8. The quantitative estimate of drug-likeness (QED) is 0.644. The van der Waals surface area contributed by atoms with Gasteiger partial charge in [-0.25, -0.2) is 9.97 Å². The van der Waals surface area contributed by atoms with Crippen molar-refractivity contribution in [3.8, 4) is 5.75 Å². The third-order valence-electron chi connectivity index (χ3n) is 5.81. The fraction of sp³-hybridized carbons (Fsp3) is 0.375. The van der Waals surface area contributed by atoms with Gasteiger partial charge in [0.25, 0.3) is 5.91 Å². The summed E-state index contributed by atoms with van der Waals surface area (Å²) in [5.41, 5.74) is 2.19. The molecule has 0 radical (unpaired) electrons. The highest BCUT2D eigenvalue weighted by Gasteiger charge is 2.28. The van der Waals surface area contributed by atoms with Crippen molar-refractivity contribution < 1.29 is 14.3 Å². The van der Waals surface area contributed by atoms with Crippen LogP contribution in [0.15, 0.2) is 48.5 Å². The monoisotopic (exact) mass is 418 g/mol. The zero-order chi connectivity index (χ0) is 21.2. The van der Waals surface area contributed by atoms with E-state index in [1.54, 1.807) is 11.0 Å². The van der Waals surface area contributed by atoms with Gasteiger partial charge >= 0.3 is 0 Å². The van der Waals surface area contributed by atoms with Gasteiger partial charge in [0.05, 0.1) is 17.1 Å². The number of hydrogen-bond donors (Lipinski definition) is 0. The number of benzene rings is 2. The van der Waals surface area contributed by atoms with E-state index < -0.39 is 0 Å². The summed E-state index contributed by atoms with van der Waals surface area (Å²) >= 11 is 0. The van der Waals surface area contributed by atoms with E-state index in [-0.39, 0.29) is 12.0 Å². The number of anilines is 2. The molecule has 5 rings (SSSR count). The van der Waals surface area contributed by atoms with Crippen LogP contribution in [0.4, 0.5) is 11.6 Å². The van der Waals surface area contributed by atoms with E-state index >= 15 is 0 Å². The molecule has 7 nitrogen and oxygen atoms in total. The van der Waals surface area contributed by atoms with E-state index in [0.29, 0.717) is 30.3 Å². The van der Waals surface area contributed by atoms with Crippen LogP contribution in [0.1, 0.15) is 29.6 Å². The van der Waals surface area contributed by atoms with Gasteiger partial charge in [-0.2, -0.15) is 0 Å². The number of carbonyl (C=O) groups excluding carboxylic acids is 1. The zero-order valence-electron chi connectivity index (χ0n) is 17.7. The average Bonchev–Trinajstić information content (AvgIpc) is 3.28. The summed E-state index contributed by atoms with van der Waals surface area (Å²) in [6.07, 6.45) is 3.07. The smallest absolute Gasteiger partial charge is 0.259 e. The van der Waals surface area contributed by atoms with Crippen molar-refractivity contribution in [3.63, 3.8) is 0 Å². The van der Waals surface area contributed by atoms with Crippen LogP contribution in [0.5, 0.6) is 5.75 Å². The highest BCUT2D eigenvalue weighted by molar-refractivity contribution is 6.07. The minimum Gasteiger partial charge on any atom is -0.491 e. The van der Waals surface area contributed by atoms with Crippen LogP contribution in [-0.4, -0.2) is 55.3 Å². The molecule has 1 atom stereocenters. The van der Waals surface area contributed by atoms with Crippen LogP contribution in [0.2, 0.25) is 0 Å². The summed E-state index contributed by atoms with van der Waals surface area (Å²) < 4.78 is 11.5. The van der Waals surface area contributed by atoms with Crippen molar-refractivity contribution in [1.29, 1.82) is 0 Å². The van der Waals surface area contributed by atoms with E-state index in [2.05, 4.69) is 4.90 Å². The lowest BCUT2D eigenvalue weighted by Crippen LogP contribution is -2.32. The predicted molar refractivity (Wildman–Crippen MR) is 120 cm³/mol. The highest BCUT2D eigenvalue weighted by atomic mass is 16.5. The Kier molecular flexibility index (Phi) is 5.42. The first-order valence-electron chi connectivity index (χ1n) is 10.8. The average molecular weight is 418 g/mol. The van der Waals surface area contributed by atoms with Gasteiger partial charge in [-0.1, -0.05) is 18.2 Å². The molecule has 3 aromatic rings. The maximum atomic E-state index is 13.5. The van der Waals surface area contributed by atoms with Crippen molar-refractivity contribution in [2.75, 3.05) is 43.2 Å². The van der Waals surface area contributed by atoms with Crippen LogP contribution >= 0.6 is 0 Å². The van der Waals surface area contributed by atoms with Gasteiger partial charge in [-0.3, -0.25) is 9.69 Å². The summed E-state index contributed by atoms with van der Waals surface area (Å²) in [5.74, 6) is 1.92. The molecule has 160 valence electrons. The van der Waals surface area contributed by atoms with Gasteiger partial charge in [0.1, 0.15) is 12.4 Å². The lowest BCUT2D eigenvalue weighted by atomic mass is 10.1. The van der Waals surface area contributed by atoms with Gasteiger partial charge in [-0.15, -0.1) is 0 Å². The lowest BCUT2D eigenvalue weighted by Gasteiger charge is -2.23. The SMILES string of the molecule is CN1CCCN(C(=O)c2cccc(OCC3CCCO3)c2)c2nc3ccccc3nc21. The number of ether oxygens (including phenoxy) is 2. The van der Waals surface area contributed by atoms with Crippen molar-refractivity contribution >= 4 is 28.6 Å². The number of fused-ring (bicyclic) bond motifs is 2. The van der Waals surface area contributed by atoms with E-state index in [1.165, 1.54) is 0 Å². The van der Waals surface area contributed by atoms with Gasteiger partial charge < -0.3 is 14.4 Å². The fourth-order valence-corrected chi connectivity index (χ4v) is 4.13. The Bertz CT molecular complexity index is 1100. The second-order valence-electron chi connectivity index (χ2n) is 8.07. The van der Waals surface area contributed by atoms with Crippen LogP contribution in [0.25, 0.3) is 11.0 Å². The second-order valence-corrected chi connectivity index (χ2v) is 8.07. The Morgan fingerprint density at radius 1 is 1.06 bits per heavy atom. The minimum absolute atomic E-state index is 0.0938. The van der Waals surface area contributed by atoms with Crippen LogP contribution < -0.4 is 14.5 Å². The molecule has 1 amide bonds. The number of hydrogen-bond acceptors (Lipinski definition) is 6. The van der Waals surface area contributed by atoms with Gasteiger partial charge in [0.2, 0.25) is 0 Å². The van der Waals surface area contributed by atoms with Crippen molar-refractivity contribution in [1.82, 2.24) is 9.97 Å². The number of aromatic nitrogens is 2. The van der Waals surface area contributed by atoms with Crippen LogP contribution in [0.3, 0.4) is 0 Å². The summed E-state index contributed by atoms with van der Waals surface area (Å²) in [5, 5.41) is 0. The molecule has 0 aliphatic carbocycles. The van der Waals surface area contributed by atoms with Gasteiger partial charge in [-0.05, 0) is 49.6 Å². The van der Waals surface area contributed by atoms with Gasteiger partial charge in [0.15, 0.2) is 11.6 Å². The zero-order valence-corrected chi connectivity index (χ0v) is 17.7. The molecule has 0 bridgehead atoms. The summed E-state index contributed by atoms with van der Waals surface area (Å²) in [4.78, 5) is 27.0. The van der Waals surface area contributed by atoms with E-state index in [4.69, 9.17) is 19.4 Å². The molecule has 2 aromatic carbocycles. The predicted octanol–water partition coefficient (Wildman–Crippen LogP) is 3.67. The van der Waals surface area contributed by atoms with E-state index in [1.807, 2.05) is 49.5 Å². The third kappa shape index (κ3) is 4.05. The Hall–Kier alpha value is -3.19. The van der Waals surface area contributed by atoms with E-state index in [9.17, 15) is 4.79 Å². The van der Waals surface area contributed by atoms with Crippen LogP contribution in [-0.2, 0) is 4.74 Å². The molecule has 1 fully saturated rings. The molecule has 2 aliphatic heterocycles. The molecule has 3 heterocycles. The number of rotatable bonds is 4. The summed E-state index contributed by atoms with van der Waals surface area (Å²) in [6, 6.07) is 15.1. The molecular formula is C24H26N4O3. The first-order chi connectivity index (χ1) is 15.2. The number of carbonyl (C=O) groups is 1.